The van der Waals surface area contributed by atoms with E-state index < -0.39 is 35.6 Å². The predicted molar refractivity (Wildman–Crippen MR) is 104 cm³/mol. The van der Waals surface area contributed by atoms with E-state index in [0.717, 1.165) is 0 Å². The lowest BCUT2D eigenvalue weighted by Crippen LogP contribution is -2.32. The molecule has 0 radical (unpaired) electrons. The van der Waals surface area contributed by atoms with Crippen molar-refractivity contribution in [3.8, 4) is 0 Å². The zero-order valence-electron chi connectivity index (χ0n) is 18.1. The summed E-state index contributed by atoms with van der Waals surface area (Å²) in [6.07, 6.45) is 0.264. The van der Waals surface area contributed by atoms with Gasteiger partial charge in [-0.25, -0.2) is 9.59 Å². The molecule has 0 spiro atoms. The van der Waals surface area contributed by atoms with Gasteiger partial charge in [-0.15, -0.1) is 10.1 Å². The first-order valence-corrected chi connectivity index (χ1v) is 10.6. The van der Waals surface area contributed by atoms with E-state index in [4.69, 9.17) is 9.47 Å². The highest BCUT2D eigenvalue weighted by molar-refractivity contribution is 6.02. The fourth-order valence-corrected chi connectivity index (χ4v) is 2.83. The topological polar surface area (TPSA) is 163 Å². The summed E-state index contributed by atoms with van der Waals surface area (Å²) >= 11 is 0. The summed E-state index contributed by atoms with van der Waals surface area (Å²) in [6.45, 7) is 0.748. The zero-order chi connectivity index (χ0) is 24.2. The molecule has 13 heteroatoms. The van der Waals surface area contributed by atoms with Gasteiger partial charge < -0.3 is 19.1 Å². The molecule has 0 bridgehead atoms. The summed E-state index contributed by atoms with van der Waals surface area (Å²) in [5.41, 5.74) is 0. The van der Waals surface area contributed by atoms with Gasteiger partial charge in [0, 0.05) is 45.1 Å². The van der Waals surface area contributed by atoms with Crippen LogP contribution in [0.5, 0.6) is 0 Å². The molecule has 0 unspecified atom stereocenters. The Kier molecular flexibility index (Phi) is 10.6. The Morgan fingerprint density at radius 3 is 1.55 bits per heavy atom. The summed E-state index contributed by atoms with van der Waals surface area (Å²) in [7, 11) is 0. The molecule has 2 aliphatic rings. The molecule has 0 atom stereocenters. The summed E-state index contributed by atoms with van der Waals surface area (Å²) in [5, 5.41) is 0.923. The molecule has 0 N–H and O–H groups in total. The first kappa shape index (κ1) is 26.1. The van der Waals surface area contributed by atoms with Gasteiger partial charge in [-0.2, -0.15) is 0 Å². The minimum Gasteiger partial charge on any atom is -0.379 e. The number of rotatable bonds is 15. The average molecular weight is 470 g/mol. The third-order valence-corrected chi connectivity index (χ3v) is 4.57. The SMILES string of the molecule is O=C(CCCOCCOCCC(=O)ON1C(=O)CCC1=O)CCC(=O)ON1C(=O)CCC1=O. The summed E-state index contributed by atoms with van der Waals surface area (Å²) in [4.78, 5) is 89.7. The van der Waals surface area contributed by atoms with Gasteiger partial charge in [-0.3, -0.25) is 24.0 Å². The van der Waals surface area contributed by atoms with Crippen LogP contribution >= 0.6 is 0 Å². The van der Waals surface area contributed by atoms with Crippen molar-refractivity contribution in [1.82, 2.24) is 10.1 Å². The van der Waals surface area contributed by atoms with Gasteiger partial charge in [0.25, 0.3) is 23.6 Å². The molecule has 0 aromatic carbocycles. The monoisotopic (exact) mass is 470 g/mol. The zero-order valence-corrected chi connectivity index (χ0v) is 18.1. The van der Waals surface area contributed by atoms with E-state index in [-0.39, 0.29) is 83.6 Å². The molecule has 0 aromatic rings. The standard InChI is InChI=1S/C20H26N2O11/c23-14(3-8-19(28)32-21-15(24)4-5-16(21)25)2-1-10-30-12-13-31-11-9-20(29)33-22-17(26)6-7-18(22)27/h1-13H2. The summed E-state index contributed by atoms with van der Waals surface area (Å²) < 4.78 is 10.5. The number of ketones is 1. The van der Waals surface area contributed by atoms with Gasteiger partial charge in [0.2, 0.25) is 0 Å². The average Bonchev–Trinajstić information content (AvgIpc) is 3.26. The maximum Gasteiger partial charge on any atom is 0.335 e. The molecule has 0 saturated carbocycles. The van der Waals surface area contributed by atoms with Gasteiger partial charge >= 0.3 is 11.9 Å². The lowest BCUT2D eigenvalue weighted by Gasteiger charge is -2.12. The highest BCUT2D eigenvalue weighted by Gasteiger charge is 2.33. The largest absolute Gasteiger partial charge is 0.379 e. The Morgan fingerprint density at radius 2 is 1.03 bits per heavy atom. The van der Waals surface area contributed by atoms with E-state index in [1.165, 1.54) is 0 Å². The number of hydroxylamine groups is 4. The molecule has 0 aromatic heterocycles. The number of amides is 4. The van der Waals surface area contributed by atoms with E-state index >= 15 is 0 Å². The molecule has 33 heavy (non-hydrogen) atoms. The second-order valence-electron chi connectivity index (χ2n) is 7.21. The second-order valence-corrected chi connectivity index (χ2v) is 7.21. The van der Waals surface area contributed by atoms with Gasteiger partial charge in [-0.05, 0) is 6.42 Å². The molecular weight excluding hydrogens is 444 g/mol. The van der Waals surface area contributed by atoms with Crippen molar-refractivity contribution in [2.75, 3.05) is 26.4 Å². The molecule has 13 nitrogen and oxygen atoms in total. The highest BCUT2D eigenvalue weighted by atomic mass is 16.7. The number of imide groups is 2. The fraction of sp³-hybridized carbons (Fsp3) is 0.650. The Morgan fingerprint density at radius 1 is 0.576 bits per heavy atom. The van der Waals surface area contributed by atoms with Crippen molar-refractivity contribution in [1.29, 1.82) is 0 Å². The number of ether oxygens (including phenoxy) is 2. The Labute approximate surface area is 189 Å². The summed E-state index contributed by atoms with van der Waals surface area (Å²) in [6, 6.07) is 0. The Hall–Kier alpha value is -3.19. The molecule has 182 valence electrons. The van der Waals surface area contributed by atoms with Crippen LogP contribution < -0.4 is 0 Å². The van der Waals surface area contributed by atoms with Crippen LogP contribution in [-0.2, 0) is 52.7 Å². The third kappa shape index (κ3) is 9.06. The van der Waals surface area contributed by atoms with Gasteiger partial charge in [0.05, 0.1) is 32.7 Å². The van der Waals surface area contributed by atoms with E-state index in [1.807, 2.05) is 0 Å². The van der Waals surface area contributed by atoms with Crippen LogP contribution in [0, 0.1) is 0 Å². The van der Waals surface area contributed by atoms with E-state index in [2.05, 4.69) is 9.68 Å². The normalized spacial score (nSPS) is 16.0. The second kappa shape index (κ2) is 13.4. The Balaban J connectivity index is 1.40. The third-order valence-electron chi connectivity index (χ3n) is 4.57. The number of Topliss-reactive ketones (excluding diaryl/α,β-unsaturated/α-hetero) is 1. The van der Waals surface area contributed by atoms with E-state index in [9.17, 15) is 33.6 Å². The molecule has 2 heterocycles. The lowest BCUT2D eigenvalue weighted by molar-refractivity contribution is -0.198. The molecule has 0 aliphatic carbocycles. The van der Waals surface area contributed by atoms with Crippen molar-refractivity contribution < 1.29 is 52.7 Å². The van der Waals surface area contributed by atoms with Crippen LogP contribution in [0.15, 0.2) is 0 Å². The molecule has 2 fully saturated rings. The predicted octanol–water partition coefficient (Wildman–Crippen LogP) is -0.246. The van der Waals surface area contributed by atoms with Crippen molar-refractivity contribution in [3.63, 3.8) is 0 Å². The van der Waals surface area contributed by atoms with Crippen molar-refractivity contribution >= 4 is 41.4 Å². The van der Waals surface area contributed by atoms with Crippen molar-refractivity contribution in [3.05, 3.63) is 0 Å². The van der Waals surface area contributed by atoms with Crippen molar-refractivity contribution in [2.45, 2.75) is 57.8 Å². The number of nitrogens with zero attached hydrogens (tertiary/aromatic N) is 2. The molecule has 2 saturated heterocycles. The number of hydrogen-bond acceptors (Lipinski definition) is 11. The van der Waals surface area contributed by atoms with Gasteiger partial charge in [-0.1, -0.05) is 0 Å². The minimum atomic E-state index is -0.817. The van der Waals surface area contributed by atoms with Crippen LogP contribution in [-0.4, -0.2) is 77.9 Å². The Bertz CT molecular complexity index is 763. The minimum absolute atomic E-state index is 0.00565. The maximum absolute atomic E-state index is 11.8. The first-order valence-electron chi connectivity index (χ1n) is 10.6. The number of carbonyl (C=O) groups is 7. The van der Waals surface area contributed by atoms with Gasteiger partial charge in [0.15, 0.2) is 0 Å². The quantitative estimate of drug-likeness (QED) is 0.229. The molecule has 2 aliphatic heterocycles. The van der Waals surface area contributed by atoms with Crippen LogP contribution in [0.2, 0.25) is 0 Å². The van der Waals surface area contributed by atoms with E-state index in [0.29, 0.717) is 16.5 Å². The highest BCUT2D eigenvalue weighted by Crippen LogP contribution is 2.14. The molecule has 4 amide bonds. The summed E-state index contributed by atoms with van der Waals surface area (Å²) in [5.74, 6) is -3.98. The first-order chi connectivity index (χ1) is 15.8. The van der Waals surface area contributed by atoms with E-state index in [1.54, 1.807) is 0 Å². The van der Waals surface area contributed by atoms with Crippen LogP contribution in [0.1, 0.15) is 57.8 Å². The smallest absolute Gasteiger partial charge is 0.335 e. The van der Waals surface area contributed by atoms with Crippen LogP contribution in [0.25, 0.3) is 0 Å². The maximum atomic E-state index is 11.8. The van der Waals surface area contributed by atoms with Crippen LogP contribution in [0.4, 0.5) is 0 Å². The van der Waals surface area contributed by atoms with Crippen molar-refractivity contribution in [2.24, 2.45) is 0 Å². The molecule has 2 rings (SSSR count). The molecular formula is C20H26N2O11. The number of carbonyl (C=O) groups excluding carboxylic acids is 7. The number of hydrogen-bond donors (Lipinski definition) is 0. The lowest BCUT2D eigenvalue weighted by atomic mass is 10.1. The fourth-order valence-electron chi connectivity index (χ4n) is 2.83. The van der Waals surface area contributed by atoms with Crippen LogP contribution in [0.3, 0.4) is 0 Å². The van der Waals surface area contributed by atoms with Gasteiger partial charge in [0.1, 0.15) is 5.78 Å².